The molecule has 0 aliphatic heterocycles. The monoisotopic (exact) mass is 1200 g/mol. The van der Waals surface area contributed by atoms with Crippen molar-refractivity contribution >= 4 is 111 Å². The van der Waals surface area contributed by atoms with E-state index in [1.807, 2.05) is 0 Å². The Morgan fingerprint density at radius 2 is 0.351 bits per heavy atom. The summed E-state index contributed by atoms with van der Waals surface area (Å²) in [7, 11) is 0. The molecule has 0 saturated heterocycles. The van der Waals surface area contributed by atoms with E-state index >= 15 is 0 Å². The molecule has 1 aliphatic rings. The van der Waals surface area contributed by atoms with Crippen LogP contribution in [0.15, 0.2) is 364 Å². The molecule has 0 N–H and O–H groups in total. The highest BCUT2D eigenvalue weighted by Gasteiger charge is 2.24. The van der Waals surface area contributed by atoms with E-state index in [1.165, 1.54) is 65.3 Å². The lowest BCUT2D eigenvalue weighted by Gasteiger charge is -2.30. The Hall–Kier alpha value is -12.2. The number of hydrogen-bond acceptors (Lipinski definition) is 4. The van der Waals surface area contributed by atoms with Crippen molar-refractivity contribution in [3.63, 3.8) is 0 Å². The first-order chi connectivity index (χ1) is 46.5. The average molecular weight is 1200 g/mol. The Morgan fingerprint density at radius 1 is 0.149 bits per heavy atom. The van der Waals surface area contributed by atoms with E-state index in [1.54, 1.807) is 0 Å². The van der Waals surface area contributed by atoms with E-state index in [-0.39, 0.29) is 0 Å². The van der Waals surface area contributed by atoms with Crippen LogP contribution in [0.25, 0.3) is 76.5 Å². The van der Waals surface area contributed by atoms with E-state index in [0.717, 1.165) is 103 Å². The highest BCUT2D eigenvalue weighted by Crippen LogP contribution is 2.46. The summed E-state index contributed by atoms with van der Waals surface area (Å²) in [4.78, 5) is 9.53. The van der Waals surface area contributed by atoms with Crippen molar-refractivity contribution in [2.75, 3.05) is 19.6 Å². The summed E-state index contributed by atoms with van der Waals surface area (Å²) in [6.45, 7) is 0. The van der Waals surface area contributed by atoms with Gasteiger partial charge in [0.25, 0.3) is 0 Å². The summed E-state index contributed by atoms with van der Waals surface area (Å²) in [5, 5.41) is 9.76. The van der Waals surface area contributed by atoms with Gasteiger partial charge in [-0.15, -0.1) is 0 Å². The zero-order valence-electron chi connectivity index (χ0n) is 51.8. The van der Waals surface area contributed by atoms with Gasteiger partial charge in [-0.2, -0.15) is 0 Å². The predicted octanol–water partition coefficient (Wildman–Crippen LogP) is 25.3. The van der Waals surface area contributed by atoms with Gasteiger partial charge in [0.1, 0.15) is 0 Å². The van der Waals surface area contributed by atoms with Crippen LogP contribution < -0.4 is 19.6 Å². The molecule has 0 saturated carbocycles. The molecule has 0 fully saturated rings. The van der Waals surface area contributed by atoms with Gasteiger partial charge in [-0.25, -0.2) is 0 Å². The maximum atomic E-state index is 2.43. The van der Waals surface area contributed by atoms with Gasteiger partial charge in [-0.1, -0.05) is 218 Å². The third-order valence-electron chi connectivity index (χ3n) is 18.8. The van der Waals surface area contributed by atoms with Crippen LogP contribution in [0, 0.1) is 0 Å². The lowest BCUT2D eigenvalue weighted by Crippen LogP contribution is -2.13. The molecular weight excluding hydrogens is 1140 g/mol. The fourth-order valence-electron chi connectivity index (χ4n) is 14.1. The molecule has 4 heteroatoms. The molecule has 0 amide bonds. The fraction of sp³-hybridized carbons (Fsp3) is 0.0222. The zero-order valence-corrected chi connectivity index (χ0v) is 51.8. The van der Waals surface area contributed by atoms with Gasteiger partial charge in [0.05, 0.1) is 0 Å². The minimum Gasteiger partial charge on any atom is -0.310 e. The Bertz CT molecular complexity index is 5090. The lowest BCUT2D eigenvalue weighted by molar-refractivity contribution is 0.940. The van der Waals surface area contributed by atoms with Crippen molar-refractivity contribution in [2.24, 2.45) is 0 Å². The third kappa shape index (κ3) is 10.7. The van der Waals surface area contributed by atoms with Crippen molar-refractivity contribution in [1.29, 1.82) is 0 Å². The molecule has 0 bridgehead atoms. The first-order valence-corrected chi connectivity index (χ1v) is 32.5. The minimum atomic E-state index is 0.928. The van der Waals surface area contributed by atoms with Crippen LogP contribution in [0.5, 0.6) is 0 Å². The van der Waals surface area contributed by atoms with Gasteiger partial charge in [-0.3, -0.25) is 0 Å². The summed E-state index contributed by atoms with van der Waals surface area (Å²) in [6.07, 6.45) is 1.86. The van der Waals surface area contributed by atoms with Crippen molar-refractivity contribution < 1.29 is 0 Å². The molecular formula is C90H64N4. The van der Waals surface area contributed by atoms with Crippen LogP contribution in [0.4, 0.5) is 68.2 Å². The van der Waals surface area contributed by atoms with E-state index in [0.29, 0.717) is 0 Å². The summed E-state index contributed by atoms with van der Waals surface area (Å²) in [5.41, 5.74) is 23.3. The van der Waals surface area contributed by atoms with E-state index < -0.39 is 0 Å². The van der Waals surface area contributed by atoms with Gasteiger partial charge in [0.2, 0.25) is 0 Å². The van der Waals surface area contributed by atoms with Crippen molar-refractivity contribution in [3.05, 3.63) is 375 Å². The van der Waals surface area contributed by atoms with Gasteiger partial charge in [0, 0.05) is 68.2 Å². The molecule has 0 spiro atoms. The molecule has 4 nitrogen and oxygen atoms in total. The summed E-state index contributed by atoms with van der Waals surface area (Å²) in [5.74, 6) is 0. The molecule has 444 valence electrons. The predicted molar refractivity (Wildman–Crippen MR) is 399 cm³/mol. The molecule has 1 aliphatic carbocycles. The number of para-hydroxylation sites is 2. The SMILES string of the molecule is c1ccc(N(c2ccc(-c3ccc(N(c4ccc5c(c4)CCc4cc(N(c6ccc(-c7ccc(N(c8ccccc8)c8ccc9ccccc9c8)cc7)cc6)c6ccc7ccccc7c6)ccc4-5)c4ccc5ccccc5c4)cc3)cc2)c2ccc3ccccc3c2)cc1. The number of rotatable bonds is 14. The van der Waals surface area contributed by atoms with Crippen LogP contribution in [-0.4, -0.2) is 0 Å². The van der Waals surface area contributed by atoms with Gasteiger partial charge in [0.15, 0.2) is 0 Å². The van der Waals surface area contributed by atoms with Crippen LogP contribution in [0.1, 0.15) is 11.1 Å². The van der Waals surface area contributed by atoms with E-state index in [4.69, 9.17) is 0 Å². The molecule has 16 aromatic rings. The number of hydrogen-bond donors (Lipinski definition) is 0. The topological polar surface area (TPSA) is 13.0 Å². The van der Waals surface area contributed by atoms with Crippen LogP contribution in [0.3, 0.4) is 0 Å². The largest absolute Gasteiger partial charge is 0.310 e. The normalized spacial score (nSPS) is 11.7. The van der Waals surface area contributed by atoms with Crippen LogP contribution in [-0.2, 0) is 12.8 Å². The van der Waals surface area contributed by atoms with E-state index in [9.17, 15) is 0 Å². The van der Waals surface area contributed by atoms with Crippen LogP contribution in [0.2, 0.25) is 0 Å². The average Bonchev–Trinajstić information content (AvgIpc) is 0.800. The van der Waals surface area contributed by atoms with Crippen molar-refractivity contribution in [2.45, 2.75) is 12.8 Å². The Labute approximate surface area is 549 Å². The number of aryl methyl sites for hydroxylation is 2. The summed E-state index contributed by atoms with van der Waals surface area (Å²) in [6, 6.07) is 133. The number of nitrogens with zero attached hydrogens (tertiary/aromatic N) is 4. The second-order valence-electron chi connectivity index (χ2n) is 24.5. The molecule has 0 heterocycles. The first kappa shape index (κ1) is 55.8. The molecule has 0 radical (unpaired) electrons. The van der Waals surface area contributed by atoms with Gasteiger partial charge in [-0.05, 0) is 246 Å². The second kappa shape index (κ2) is 24.2. The molecule has 17 rings (SSSR count). The fourth-order valence-corrected chi connectivity index (χ4v) is 14.1. The highest BCUT2D eigenvalue weighted by atomic mass is 15.2. The molecule has 0 atom stereocenters. The van der Waals surface area contributed by atoms with Gasteiger partial charge < -0.3 is 19.6 Å². The zero-order chi connectivity index (χ0) is 62.3. The Kier molecular flexibility index (Phi) is 14.4. The number of fused-ring (bicyclic) bond motifs is 7. The van der Waals surface area contributed by atoms with E-state index in [2.05, 4.69) is 384 Å². The van der Waals surface area contributed by atoms with Crippen molar-refractivity contribution in [3.8, 4) is 33.4 Å². The lowest BCUT2D eigenvalue weighted by atomic mass is 9.85. The summed E-state index contributed by atoms with van der Waals surface area (Å²) < 4.78 is 0. The molecule has 94 heavy (non-hydrogen) atoms. The van der Waals surface area contributed by atoms with Crippen molar-refractivity contribution in [1.82, 2.24) is 0 Å². The maximum absolute atomic E-state index is 2.43. The third-order valence-corrected chi connectivity index (χ3v) is 18.8. The molecule has 16 aromatic carbocycles. The quantitative estimate of drug-likeness (QED) is 0.108. The number of benzene rings is 16. The van der Waals surface area contributed by atoms with Crippen LogP contribution >= 0.6 is 0 Å². The highest BCUT2D eigenvalue weighted by molar-refractivity contribution is 5.95. The molecule has 0 aromatic heterocycles. The second-order valence-corrected chi connectivity index (χ2v) is 24.5. The minimum absolute atomic E-state index is 0.928. The van der Waals surface area contributed by atoms with Gasteiger partial charge >= 0.3 is 0 Å². The molecule has 0 unspecified atom stereocenters. The summed E-state index contributed by atoms with van der Waals surface area (Å²) >= 11 is 0. The first-order valence-electron chi connectivity index (χ1n) is 32.5. The standard InChI is InChI=1S/C90H64N4/c1-3-23-77(24-4-1)91(83-49-37-63-15-7-11-19-71(63)57-83)79-41-29-67(30-42-79)69-33-45-81(46-34-69)93(85-51-39-65-17-9-13-21-73(65)59-85)87-53-55-89-75(61-87)27-28-76-62-88(54-56-90(76)89)94(86-52-40-66-18-10-14-22-74(66)60-86)82-47-35-70(36-48-82)68-31-43-80(44-32-68)92(78-25-5-2-6-26-78)84-50-38-64-16-8-12-20-72(64)58-84/h1-26,29-62H,27-28H2. The Balaban J connectivity index is 0.672. The maximum Gasteiger partial charge on any atom is 0.0468 e. The number of anilines is 12. The Morgan fingerprint density at radius 3 is 0.628 bits per heavy atom. The smallest absolute Gasteiger partial charge is 0.0468 e.